The van der Waals surface area contributed by atoms with Crippen molar-refractivity contribution in [3.05, 3.63) is 48.2 Å². The van der Waals surface area contributed by atoms with E-state index < -0.39 is 6.10 Å². The summed E-state index contributed by atoms with van der Waals surface area (Å²) in [7, 11) is 1.60. The van der Waals surface area contributed by atoms with Crippen LogP contribution in [0.25, 0.3) is 0 Å². The van der Waals surface area contributed by atoms with Gasteiger partial charge in [0.05, 0.1) is 19.4 Å². The molecule has 130 valence electrons. The molecule has 2 aromatic rings. The van der Waals surface area contributed by atoms with Crippen LogP contribution in [-0.2, 0) is 20.9 Å². The number of carbonyl (C=O) groups excluding carboxylic acids is 2. The number of nitrogens with one attached hydrogen (secondary N) is 1. The Morgan fingerprint density at radius 2 is 2.20 bits per heavy atom. The van der Waals surface area contributed by atoms with Crippen molar-refractivity contribution in [1.82, 2.24) is 4.98 Å². The first kappa shape index (κ1) is 16.9. The molecule has 3 rings (SSSR count). The summed E-state index contributed by atoms with van der Waals surface area (Å²) in [6.07, 6.45) is 0.866. The highest BCUT2D eigenvalue weighted by atomic mass is 16.5. The van der Waals surface area contributed by atoms with Gasteiger partial charge in [-0.2, -0.15) is 0 Å². The lowest BCUT2D eigenvalue weighted by atomic mass is 10.2. The molecule has 0 saturated heterocycles. The zero-order valence-corrected chi connectivity index (χ0v) is 14.1. The molecule has 1 aliphatic heterocycles. The number of benzene rings is 1. The molecule has 0 fully saturated rings. The average Bonchev–Trinajstić information content (AvgIpc) is 2.65. The van der Waals surface area contributed by atoms with Crippen LogP contribution in [-0.4, -0.2) is 36.6 Å². The van der Waals surface area contributed by atoms with Gasteiger partial charge in [0.25, 0.3) is 5.91 Å². The fourth-order valence-corrected chi connectivity index (χ4v) is 2.57. The monoisotopic (exact) mass is 341 g/mol. The van der Waals surface area contributed by atoms with Crippen molar-refractivity contribution in [3.8, 4) is 5.75 Å². The van der Waals surface area contributed by atoms with Gasteiger partial charge in [0, 0.05) is 6.20 Å². The molecule has 7 heteroatoms. The van der Waals surface area contributed by atoms with Crippen molar-refractivity contribution < 1.29 is 19.1 Å². The Kier molecular flexibility index (Phi) is 4.95. The second-order valence-corrected chi connectivity index (χ2v) is 5.65. The fourth-order valence-electron chi connectivity index (χ4n) is 2.57. The number of rotatable bonds is 5. The molecule has 0 bridgehead atoms. The Bertz CT molecular complexity index is 793. The number of amides is 2. The van der Waals surface area contributed by atoms with Crippen molar-refractivity contribution in [1.29, 1.82) is 0 Å². The number of hydrogen-bond donors (Lipinski definition) is 1. The molecule has 7 nitrogen and oxygen atoms in total. The summed E-state index contributed by atoms with van der Waals surface area (Å²) < 4.78 is 10.9. The molecule has 2 amide bonds. The number of pyridine rings is 1. The van der Waals surface area contributed by atoms with E-state index in [1.165, 1.54) is 4.90 Å². The molecule has 1 aromatic carbocycles. The zero-order valence-electron chi connectivity index (χ0n) is 14.1. The number of methoxy groups -OCH3 is 1. The van der Waals surface area contributed by atoms with Gasteiger partial charge in [0.15, 0.2) is 5.82 Å². The molecule has 1 unspecified atom stereocenters. The largest absolute Gasteiger partial charge is 0.497 e. The number of fused-ring (bicyclic) bond motifs is 1. The van der Waals surface area contributed by atoms with Gasteiger partial charge in [-0.05, 0) is 36.8 Å². The second kappa shape index (κ2) is 7.31. The van der Waals surface area contributed by atoms with Crippen LogP contribution in [0.1, 0.15) is 12.5 Å². The van der Waals surface area contributed by atoms with Crippen molar-refractivity contribution in [2.45, 2.75) is 19.6 Å². The van der Waals surface area contributed by atoms with Crippen LogP contribution in [0, 0.1) is 0 Å². The molecule has 0 aliphatic carbocycles. The van der Waals surface area contributed by atoms with Gasteiger partial charge in [-0.1, -0.05) is 12.1 Å². The minimum Gasteiger partial charge on any atom is -0.497 e. The van der Waals surface area contributed by atoms with Gasteiger partial charge < -0.3 is 14.8 Å². The summed E-state index contributed by atoms with van der Waals surface area (Å²) in [5, 5.41) is 2.70. The van der Waals surface area contributed by atoms with E-state index in [4.69, 9.17) is 9.47 Å². The summed E-state index contributed by atoms with van der Waals surface area (Å²) in [5.41, 5.74) is 1.42. The van der Waals surface area contributed by atoms with Crippen molar-refractivity contribution in [3.63, 3.8) is 0 Å². The molecule has 1 N–H and O–H groups in total. The van der Waals surface area contributed by atoms with E-state index in [-0.39, 0.29) is 25.0 Å². The van der Waals surface area contributed by atoms with E-state index in [0.29, 0.717) is 11.5 Å². The number of hydrogen-bond acceptors (Lipinski definition) is 5. The number of ether oxygens (including phenoxy) is 2. The molecule has 1 aliphatic rings. The first-order valence-electron chi connectivity index (χ1n) is 7.89. The molecule has 1 atom stereocenters. The maximum Gasteiger partial charge on any atom is 0.257 e. The van der Waals surface area contributed by atoms with E-state index in [0.717, 1.165) is 11.3 Å². The first-order valence-corrected chi connectivity index (χ1v) is 7.89. The molecular formula is C18H19N3O4. The van der Waals surface area contributed by atoms with Gasteiger partial charge in [-0.3, -0.25) is 14.5 Å². The van der Waals surface area contributed by atoms with Crippen LogP contribution in [0.5, 0.6) is 5.75 Å². The smallest absolute Gasteiger partial charge is 0.257 e. The Hall–Kier alpha value is -2.93. The SMILES string of the molecule is COc1cccc(COC(C)C(=O)N2CC(=O)Nc3cccnc32)c1. The van der Waals surface area contributed by atoms with Crippen LogP contribution in [0.2, 0.25) is 0 Å². The summed E-state index contributed by atoms with van der Waals surface area (Å²) in [4.78, 5) is 30.1. The molecule has 2 heterocycles. The Balaban J connectivity index is 1.69. The predicted octanol–water partition coefficient (Wildman–Crippen LogP) is 1.98. The lowest BCUT2D eigenvalue weighted by Gasteiger charge is -2.29. The fraction of sp³-hybridized carbons (Fsp3) is 0.278. The number of anilines is 2. The van der Waals surface area contributed by atoms with Crippen LogP contribution in [0.3, 0.4) is 0 Å². The van der Waals surface area contributed by atoms with Gasteiger partial charge in [-0.15, -0.1) is 0 Å². The third-order valence-corrected chi connectivity index (χ3v) is 3.87. The first-order chi connectivity index (χ1) is 12.1. The van der Waals surface area contributed by atoms with E-state index in [9.17, 15) is 9.59 Å². The number of aromatic nitrogens is 1. The van der Waals surface area contributed by atoms with Crippen molar-refractivity contribution in [2.75, 3.05) is 23.9 Å². The predicted molar refractivity (Wildman–Crippen MR) is 92.5 cm³/mol. The maximum absolute atomic E-state index is 12.7. The van der Waals surface area contributed by atoms with Crippen LogP contribution in [0.15, 0.2) is 42.6 Å². The molecule has 1 aromatic heterocycles. The summed E-state index contributed by atoms with van der Waals surface area (Å²) >= 11 is 0. The normalized spacial score (nSPS) is 14.5. The summed E-state index contributed by atoms with van der Waals surface area (Å²) in [6.45, 7) is 1.85. The lowest BCUT2D eigenvalue weighted by molar-refractivity contribution is -0.131. The van der Waals surface area contributed by atoms with E-state index in [1.54, 1.807) is 32.4 Å². The van der Waals surface area contributed by atoms with Crippen LogP contribution >= 0.6 is 0 Å². The van der Waals surface area contributed by atoms with Gasteiger partial charge in [0.2, 0.25) is 5.91 Å². The van der Waals surface area contributed by atoms with Crippen molar-refractivity contribution >= 4 is 23.3 Å². The third-order valence-electron chi connectivity index (χ3n) is 3.87. The summed E-state index contributed by atoms with van der Waals surface area (Å²) in [5.74, 6) is 0.599. The molecule has 0 saturated carbocycles. The Labute approximate surface area is 145 Å². The van der Waals surface area contributed by atoms with Gasteiger partial charge >= 0.3 is 0 Å². The Morgan fingerprint density at radius 1 is 1.36 bits per heavy atom. The minimum absolute atomic E-state index is 0.0737. The van der Waals surface area contributed by atoms with E-state index in [2.05, 4.69) is 10.3 Å². The van der Waals surface area contributed by atoms with E-state index >= 15 is 0 Å². The zero-order chi connectivity index (χ0) is 17.8. The average molecular weight is 341 g/mol. The molecule has 0 spiro atoms. The topological polar surface area (TPSA) is 80.8 Å². The van der Waals surface area contributed by atoms with Crippen LogP contribution in [0.4, 0.5) is 11.5 Å². The van der Waals surface area contributed by atoms with Gasteiger partial charge in [-0.25, -0.2) is 4.98 Å². The van der Waals surface area contributed by atoms with Crippen molar-refractivity contribution in [2.24, 2.45) is 0 Å². The highest BCUT2D eigenvalue weighted by Gasteiger charge is 2.31. The quantitative estimate of drug-likeness (QED) is 0.899. The molecule has 25 heavy (non-hydrogen) atoms. The number of nitrogens with zero attached hydrogens (tertiary/aromatic N) is 2. The summed E-state index contributed by atoms with van der Waals surface area (Å²) in [6, 6.07) is 10.9. The maximum atomic E-state index is 12.7. The molecular weight excluding hydrogens is 322 g/mol. The number of carbonyl (C=O) groups is 2. The second-order valence-electron chi connectivity index (χ2n) is 5.65. The van der Waals surface area contributed by atoms with Crippen LogP contribution < -0.4 is 15.0 Å². The van der Waals surface area contributed by atoms with Gasteiger partial charge in [0.1, 0.15) is 18.4 Å². The minimum atomic E-state index is -0.716. The standard InChI is InChI=1S/C18H19N3O4/c1-12(25-11-13-5-3-6-14(9-13)24-2)18(23)21-10-16(22)20-15-7-4-8-19-17(15)21/h3-9,12H,10-11H2,1-2H3,(H,20,22). The van der Waals surface area contributed by atoms with E-state index in [1.807, 2.05) is 24.3 Å². The Morgan fingerprint density at radius 3 is 3.00 bits per heavy atom. The molecule has 0 radical (unpaired) electrons. The highest BCUT2D eigenvalue weighted by Crippen LogP contribution is 2.27. The third kappa shape index (κ3) is 3.77. The lowest BCUT2D eigenvalue weighted by Crippen LogP contribution is -2.47. The highest BCUT2D eigenvalue weighted by molar-refractivity contribution is 6.09.